The molecule has 144 valence electrons. The minimum absolute atomic E-state index is 0.189. The molecule has 0 bridgehead atoms. The summed E-state index contributed by atoms with van der Waals surface area (Å²) in [7, 11) is 0. The predicted molar refractivity (Wildman–Crippen MR) is 108 cm³/mol. The normalized spacial score (nSPS) is 16.4. The summed E-state index contributed by atoms with van der Waals surface area (Å²) in [5.74, 6) is -0.0755. The second-order valence-corrected chi connectivity index (χ2v) is 7.34. The highest BCUT2D eigenvalue weighted by atomic mass is 35.5. The van der Waals surface area contributed by atoms with Crippen molar-refractivity contribution in [3.8, 4) is 11.3 Å². The Morgan fingerprint density at radius 3 is 2.82 bits per heavy atom. The fourth-order valence-corrected chi connectivity index (χ4v) is 3.70. The lowest BCUT2D eigenvalue weighted by Gasteiger charge is -2.18. The third-order valence-electron chi connectivity index (χ3n) is 5.00. The van der Waals surface area contributed by atoms with Crippen LogP contribution in [0.5, 0.6) is 0 Å². The highest BCUT2D eigenvalue weighted by Crippen LogP contribution is 2.26. The van der Waals surface area contributed by atoms with Gasteiger partial charge in [0.05, 0.1) is 10.7 Å². The van der Waals surface area contributed by atoms with Crippen molar-refractivity contribution in [2.75, 3.05) is 24.5 Å². The Hall–Kier alpha value is -2.86. The summed E-state index contributed by atoms with van der Waals surface area (Å²) in [5.41, 5.74) is 2.83. The summed E-state index contributed by atoms with van der Waals surface area (Å²) in [4.78, 5) is 14.7. The average molecular weight is 399 g/mol. The molecule has 1 aromatic heterocycles. The van der Waals surface area contributed by atoms with Gasteiger partial charge in [0.15, 0.2) is 0 Å². The van der Waals surface area contributed by atoms with E-state index in [1.807, 2.05) is 18.2 Å². The van der Waals surface area contributed by atoms with E-state index in [0.717, 1.165) is 30.8 Å². The number of aromatic nitrogens is 2. The average Bonchev–Trinajstić information content (AvgIpc) is 3.37. The zero-order chi connectivity index (χ0) is 19.5. The van der Waals surface area contributed by atoms with Gasteiger partial charge in [0.2, 0.25) is 0 Å². The van der Waals surface area contributed by atoms with Crippen LogP contribution in [0.25, 0.3) is 11.3 Å². The van der Waals surface area contributed by atoms with Crippen LogP contribution in [0.15, 0.2) is 54.6 Å². The Labute approximate surface area is 167 Å². The minimum Gasteiger partial charge on any atom is -0.371 e. The molecule has 1 unspecified atom stereocenters. The van der Waals surface area contributed by atoms with E-state index in [1.165, 1.54) is 12.1 Å². The fourth-order valence-electron chi connectivity index (χ4n) is 3.46. The van der Waals surface area contributed by atoms with Crippen LogP contribution in [0, 0.1) is 11.7 Å². The van der Waals surface area contributed by atoms with Gasteiger partial charge in [-0.2, -0.15) is 5.10 Å². The summed E-state index contributed by atoms with van der Waals surface area (Å²) in [6.45, 7) is 2.31. The summed E-state index contributed by atoms with van der Waals surface area (Å²) in [5, 5.41) is 10.5. The standard InChI is InChI=1S/C21H20ClFN4O/c22-18-4-2-1-3-17(18)19-11-20(26-25-19)21(28)24-12-14-9-10-27(13-14)16-7-5-15(23)6-8-16/h1-8,11,14H,9-10,12-13H2,(H,24,28)(H,25,26). The molecular weight excluding hydrogens is 379 g/mol. The number of aromatic amines is 1. The van der Waals surface area contributed by atoms with E-state index >= 15 is 0 Å². The number of nitrogens with zero attached hydrogens (tertiary/aromatic N) is 2. The molecular formula is C21H20ClFN4O. The summed E-state index contributed by atoms with van der Waals surface area (Å²) in [6.07, 6.45) is 0.978. The molecule has 2 heterocycles. The van der Waals surface area contributed by atoms with Gasteiger partial charge in [0.1, 0.15) is 11.5 Å². The Morgan fingerprint density at radius 2 is 2.04 bits per heavy atom. The van der Waals surface area contributed by atoms with Gasteiger partial charge in [-0.3, -0.25) is 9.89 Å². The molecule has 1 aliphatic heterocycles. The lowest BCUT2D eigenvalue weighted by Crippen LogP contribution is -2.31. The van der Waals surface area contributed by atoms with Gasteiger partial charge in [-0.25, -0.2) is 4.39 Å². The van der Waals surface area contributed by atoms with Crippen LogP contribution in [0.2, 0.25) is 5.02 Å². The molecule has 0 aliphatic carbocycles. The number of nitrogens with one attached hydrogen (secondary N) is 2. The molecule has 3 aromatic rings. The minimum atomic E-state index is -0.234. The van der Waals surface area contributed by atoms with Crippen molar-refractivity contribution in [1.29, 1.82) is 0 Å². The molecule has 1 amide bonds. The molecule has 2 N–H and O–H groups in total. The van der Waals surface area contributed by atoms with Crippen LogP contribution in [0.1, 0.15) is 16.9 Å². The van der Waals surface area contributed by atoms with Crippen LogP contribution in [-0.2, 0) is 0 Å². The molecule has 1 fully saturated rings. The number of rotatable bonds is 5. The van der Waals surface area contributed by atoms with Crippen molar-refractivity contribution in [3.05, 3.63) is 71.1 Å². The molecule has 0 spiro atoms. The van der Waals surface area contributed by atoms with E-state index in [0.29, 0.717) is 28.9 Å². The molecule has 28 heavy (non-hydrogen) atoms. The molecule has 7 heteroatoms. The number of anilines is 1. The van der Waals surface area contributed by atoms with Crippen molar-refractivity contribution in [3.63, 3.8) is 0 Å². The number of hydrogen-bond acceptors (Lipinski definition) is 3. The molecule has 5 nitrogen and oxygen atoms in total. The molecule has 4 rings (SSSR count). The van der Waals surface area contributed by atoms with Gasteiger partial charge >= 0.3 is 0 Å². The van der Waals surface area contributed by atoms with Gasteiger partial charge in [0.25, 0.3) is 5.91 Å². The number of carbonyl (C=O) groups excluding carboxylic acids is 1. The Balaban J connectivity index is 1.33. The van der Waals surface area contributed by atoms with Crippen molar-refractivity contribution in [2.45, 2.75) is 6.42 Å². The first-order chi connectivity index (χ1) is 13.6. The molecule has 0 saturated carbocycles. The van der Waals surface area contributed by atoms with Gasteiger partial charge in [-0.05, 0) is 48.7 Å². The number of amides is 1. The first kappa shape index (κ1) is 18.5. The fraction of sp³-hybridized carbons (Fsp3) is 0.238. The second-order valence-electron chi connectivity index (χ2n) is 6.93. The largest absolute Gasteiger partial charge is 0.371 e. The van der Waals surface area contributed by atoms with Crippen molar-refractivity contribution in [2.24, 2.45) is 5.92 Å². The van der Waals surface area contributed by atoms with Gasteiger partial charge < -0.3 is 10.2 Å². The van der Waals surface area contributed by atoms with E-state index in [4.69, 9.17) is 11.6 Å². The van der Waals surface area contributed by atoms with E-state index in [1.54, 1.807) is 24.3 Å². The Kier molecular flexibility index (Phi) is 5.30. The van der Waals surface area contributed by atoms with Crippen molar-refractivity contribution in [1.82, 2.24) is 15.5 Å². The molecule has 1 saturated heterocycles. The van der Waals surface area contributed by atoms with E-state index in [-0.39, 0.29) is 11.7 Å². The van der Waals surface area contributed by atoms with E-state index in [9.17, 15) is 9.18 Å². The second kappa shape index (κ2) is 8.02. The lowest BCUT2D eigenvalue weighted by molar-refractivity contribution is 0.0943. The third-order valence-corrected chi connectivity index (χ3v) is 5.33. The zero-order valence-corrected chi connectivity index (χ0v) is 15.9. The molecule has 2 aromatic carbocycles. The highest BCUT2D eigenvalue weighted by Gasteiger charge is 2.23. The third kappa shape index (κ3) is 4.02. The van der Waals surface area contributed by atoms with Crippen LogP contribution >= 0.6 is 11.6 Å². The number of hydrogen-bond donors (Lipinski definition) is 2. The monoisotopic (exact) mass is 398 g/mol. The van der Waals surface area contributed by atoms with Crippen molar-refractivity contribution < 1.29 is 9.18 Å². The van der Waals surface area contributed by atoms with E-state index < -0.39 is 0 Å². The van der Waals surface area contributed by atoms with Crippen LogP contribution in [0.3, 0.4) is 0 Å². The molecule has 1 aliphatic rings. The number of halogens is 2. The van der Waals surface area contributed by atoms with Gasteiger partial charge in [-0.1, -0.05) is 29.8 Å². The van der Waals surface area contributed by atoms with Crippen LogP contribution < -0.4 is 10.2 Å². The lowest BCUT2D eigenvalue weighted by atomic mass is 10.1. The number of benzene rings is 2. The van der Waals surface area contributed by atoms with Crippen LogP contribution in [0.4, 0.5) is 10.1 Å². The van der Waals surface area contributed by atoms with Crippen molar-refractivity contribution >= 4 is 23.2 Å². The maximum absolute atomic E-state index is 13.1. The Bertz CT molecular complexity index is 973. The van der Waals surface area contributed by atoms with E-state index in [2.05, 4.69) is 20.4 Å². The molecule has 1 atom stereocenters. The summed E-state index contributed by atoms with van der Waals surface area (Å²) in [6, 6.07) is 15.6. The maximum atomic E-state index is 13.1. The number of H-pyrrole nitrogens is 1. The number of carbonyl (C=O) groups is 1. The SMILES string of the molecule is O=C(NCC1CCN(c2ccc(F)cc2)C1)c1cc(-c2ccccc2Cl)n[nH]1. The summed E-state index contributed by atoms with van der Waals surface area (Å²) >= 11 is 6.19. The molecule has 0 radical (unpaired) electrons. The van der Waals surface area contributed by atoms with Crippen LogP contribution in [-0.4, -0.2) is 35.7 Å². The smallest absolute Gasteiger partial charge is 0.269 e. The zero-order valence-electron chi connectivity index (χ0n) is 15.2. The van der Waals surface area contributed by atoms with Gasteiger partial charge in [-0.15, -0.1) is 0 Å². The first-order valence-electron chi connectivity index (χ1n) is 9.19. The summed E-state index contributed by atoms with van der Waals surface area (Å²) < 4.78 is 13.1. The topological polar surface area (TPSA) is 61.0 Å². The predicted octanol–water partition coefficient (Wildman–Crippen LogP) is 4.13. The maximum Gasteiger partial charge on any atom is 0.269 e. The first-order valence-corrected chi connectivity index (χ1v) is 9.57. The highest BCUT2D eigenvalue weighted by molar-refractivity contribution is 6.33. The van der Waals surface area contributed by atoms with Gasteiger partial charge in [0, 0.05) is 30.9 Å². The Morgan fingerprint density at radius 1 is 1.25 bits per heavy atom. The quantitative estimate of drug-likeness (QED) is 0.679.